The quantitative estimate of drug-likeness (QED) is 0.875. The summed E-state index contributed by atoms with van der Waals surface area (Å²) < 4.78 is 13.8. The zero-order chi connectivity index (χ0) is 13.7. The predicted octanol–water partition coefficient (Wildman–Crippen LogP) is 3.22. The van der Waals surface area contributed by atoms with Gasteiger partial charge in [-0.25, -0.2) is 4.39 Å². The average molecular weight is 317 g/mol. The highest BCUT2D eigenvalue weighted by molar-refractivity contribution is 9.10. The van der Waals surface area contributed by atoms with Gasteiger partial charge in [-0.15, -0.1) is 0 Å². The Balaban J connectivity index is 2.57. The largest absolute Gasteiger partial charge is 0.326 e. The van der Waals surface area contributed by atoms with Crippen molar-refractivity contribution < 1.29 is 9.18 Å². The first kappa shape index (κ1) is 15.1. The van der Waals surface area contributed by atoms with E-state index in [4.69, 9.17) is 0 Å². The molecule has 5 heteroatoms. The topological polar surface area (TPSA) is 41.1 Å². The Bertz CT molecular complexity index is 435. The molecule has 1 aromatic rings. The first-order valence-corrected chi connectivity index (χ1v) is 6.68. The van der Waals surface area contributed by atoms with Crippen LogP contribution in [0.1, 0.15) is 25.8 Å². The standard InChI is InChI=1S/C13H18BrFN2O/c1-8(2)16-5-4-13(18)17-12-7-11(15)10(14)6-9(12)3/h6-8,16H,4-5H2,1-3H3,(H,17,18). The normalized spacial score (nSPS) is 10.8. The molecule has 0 saturated heterocycles. The number of benzene rings is 1. The number of carbonyl (C=O) groups is 1. The third-order valence-electron chi connectivity index (χ3n) is 2.45. The Labute approximate surface area is 115 Å². The summed E-state index contributed by atoms with van der Waals surface area (Å²) in [4.78, 5) is 11.7. The van der Waals surface area contributed by atoms with Gasteiger partial charge in [0.05, 0.1) is 4.47 Å². The molecular weight excluding hydrogens is 299 g/mol. The molecule has 0 aromatic heterocycles. The fourth-order valence-electron chi connectivity index (χ4n) is 1.47. The summed E-state index contributed by atoms with van der Waals surface area (Å²) in [6.45, 7) is 6.48. The summed E-state index contributed by atoms with van der Waals surface area (Å²) in [5.41, 5.74) is 1.35. The highest BCUT2D eigenvalue weighted by Gasteiger charge is 2.08. The van der Waals surface area contributed by atoms with Gasteiger partial charge in [-0.2, -0.15) is 0 Å². The van der Waals surface area contributed by atoms with Crippen LogP contribution in [0, 0.1) is 12.7 Å². The number of aryl methyl sites for hydroxylation is 1. The number of nitrogens with one attached hydrogen (secondary N) is 2. The van der Waals surface area contributed by atoms with Crippen LogP contribution in [0.3, 0.4) is 0 Å². The molecule has 0 bridgehead atoms. The Morgan fingerprint density at radius 3 is 2.72 bits per heavy atom. The minimum atomic E-state index is -0.379. The lowest BCUT2D eigenvalue weighted by molar-refractivity contribution is -0.116. The molecule has 0 aliphatic rings. The second kappa shape index (κ2) is 6.85. The van der Waals surface area contributed by atoms with Gasteiger partial charge in [0.15, 0.2) is 0 Å². The number of anilines is 1. The third-order valence-corrected chi connectivity index (χ3v) is 3.05. The monoisotopic (exact) mass is 316 g/mol. The number of carbonyl (C=O) groups excluding carboxylic acids is 1. The van der Waals surface area contributed by atoms with Crippen molar-refractivity contribution in [3.8, 4) is 0 Å². The zero-order valence-electron chi connectivity index (χ0n) is 10.8. The Kier molecular flexibility index (Phi) is 5.75. The van der Waals surface area contributed by atoms with Gasteiger partial charge in [-0.1, -0.05) is 13.8 Å². The van der Waals surface area contributed by atoms with Crippen LogP contribution >= 0.6 is 15.9 Å². The highest BCUT2D eigenvalue weighted by Crippen LogP contribution is 2.23. The number of hydrogen-bond donors (Lipinski definition) is 2. The van der Waals surface area contributed by atoms with Crippen LogP contribution < -0.4 is 10.6 Å². The molecule has 2 N–H and O–H groups in total. The van der Waals surface area contributed by atoms with Gasteiger partial charge >= 0.3 is 0 Å². The molecule has 1 rings (SSSR count). The second-order valence-corrected chi connectivity index (χ2v) is 5.34. The van der Waals surface area contributed by atoms with Crippen molar-refractivity contribution in [2.24, 2.45) is 0 Å². The van der Waals surface area contributed by atoms with E-state index in [1.54, 1.807) is 6.07 Å². The minimum absolute atomic E-state index is 0.118. The van der Waals surface area contributed by atoms with E-state index < -0.39 is 0 Å². The fourth-order valence-corrected chi connectivity index (χ4v) is 1.93. The van der Waals surface area contributed by atoms with Crippen molar-refractivity contribution in [1.82, 2.24) is 5.32 Å². The summed E-state index contributed by atoms with van der Waals surface area (Å²) in [5, 5.41) is 5.87. The average Bonchev–Trinajstić information content (AvgIpc) is 2.25. The molecule has 3 nitrogen and oxygen atoms in total. The molecule has 0 unspecified atom stereocenters. The van der Waals surface area contributed by atoms with Crippen LogP contribution in [0.4, 0.5) is 10.1 Å². The van der Waals surface area contributed by atoms with Crippen molar-refractivity contribution in [1.29, 1.82) is 0 Å². The number of amides is 1. The van der Waals surface area contributed by atoms with E-state index in [0.717, 1.165) is 5.56 Å². The molecule has 0 saturated carbocycles. The fraction of sp³-hybridized carbons (Fsp3) is 0.462. The molecule has 0 spiro atoms. The first-order chi connectivity index (χ1) is 8.40. The van der Waals surface area contributed by atoms with Crippen LogP contribution in [0.2, 0.25) is 0 Å². The molecule has 18 heavy (non-hydrogen) atoms. The number of halogens is 2. The van der Waals surface area contributed by atoms with Crippen molar-refractivity contribution in [3.63, 3.8) is 0 Å². The molecule has 0 aliphatic carbocycles. The maximum Gasteiger partial charge on any atom is 0.225 e. The molecule has 0 atom stereocenters. The van der Waals surface area contributed by atoms with E-state index in [9.17, 15) is 9.18 Å². The Morgan fingerprint density at radius 2 is 2.11 bits per heavy atom. The summed E-state index contributed by atoms with van der Waals surface area (Å²) in [6.07, 6.45) is 0.370. The second-order valence-electron chi connectivity index (χ2n) is 4.49. The first-order valence-electron chi connectivity index (χ1n) is 5.89. The van der Waals surface area contributed by atoms with Gasteiger partial charge in [0.1, 0.15) is 5.82 Å². The molecule has 1 aromatic carbocycles. The van der Waals surface area contributed by atoms with E-state index in [1.807, 2.05) is 20.8 Å². The molecular formula is C13H18BrFN2O. The van der Waals surface area contributed by atoms with Crippen LogP contribution in [-0.2, 0) is 4.79 Å². The van der Waals surface area contributed by atoms with Gasteiger partial charge in [0.25, 0.3) is 0 Å². The lowest BCUT2D eigenvalue weighted by Gasteiger charge is -2.11. The van der Waals surface area contributed by atoms with E-state index in [2.05, 4.69) is 26.6 Å². The molecule has 0 heterocycles. The van der Waals surface area contributed by atoms with Gasteiger partial charge < -0.3 is 10.6 Å². The van der Waals surface area contributed by atoms with Crippen molar-refractivity contribution >= 4 is 27.5 Å². The molecule has 100 valence electrons. The van der Waals surface area contributed by atoms with Crippen LogP contribution in [0.15, 0.2) is 16.6 Å². The van der Waals surface area contributed by atoms with E-state index >= 15 is 0 Å². The Hall–Kier alpha value is -0.940. The summed E-state index contributed by atoms with van der Waals surface area (Å²) >= 11 is 3.11. The number of hydrogen-bond acceptors (Lipinski definition) is 2. The molecule has 0 radical (unpaired) electrons. The summed E-state index contributed by atoms with van der Waals surface area (Å²) in [5.74, 6) is -0.496. The van der Waals surface area contributed by atoms with E-state index in [1.165, 1.54) is 6.07 Å². The smallest absolute Gasteiger partial charge is 0.225 e. The van der Waals surface area contributed by atoms with Crippen molar-refractivity contribution in [3.05, 3.63) is 28.0 Å². The zero-order valence-corrected chi connectivity index (χ0v) is 12.4. The van der Waals surface area contributed by atoms with E-state index in [0.29, 0.717) is 29.2 Å². The predicted molar refractivity (Wildman–Crippen MR) is 75.2 cm³/mol. The third kappa shape index (κ3) is 4.74. The SMILES string of the molecule is Cc1cc(Br)c(F)cc1NC(=O)CCNC(C)C. The van der Waals surface area contributed by atoms with Gasteiger partial charge in [-0.3, -0.25) is 4.79 Å². The van der Waals surface area contributed by atoms with Gasteiger partial charge in [0.2, 0.25) is 5.91 Å². The van der Waals surface area contributed by atoms with E-state index in [-0.39, 0.29) is 11.7 Å². The Morgan fingerprint density at radius 1 is 1.44 bits per heavy atom. The highest BCUT2D eigenvalue weighted by atomic mass is 79.9. The summed E-state index contributed by atoms with van der Waals surface area (Å²) in [6, 6.07) is 3.33. The molecule has 0 aliphatic heterocycles. The van der Waals surface area contributed by atoms with Crippen LogP contribution in [0.5, 0.6) is 0 Å². The van der Waals surface area contributed by atoms with Gasteiger partial charge in [-0.05, 0) is 40.5 Å². The lowest BCUT2D eigenvalue weighted by atomic mass is 10.2. The summed E-state index contributed by atoms with van der Waals surface area (Å²) in [7, 11) is 0. The number of rotatable bonds is 5. The minimum Gasteiger partial charge on any atom is -0.326 e. The molecule has 1 amide bonds. The maximum atomic E-state index is 13.4. The lowest BCUT2D eigenvalue weighted by Crippen LogP contribution is -2.27. The van der Waals surface area contributed by atoms with Crippen LogP contribution in [0.25, 0.3) is 0 Å². The maximum absolute atomic E-state index is 13.4. The van der Waals surface area contributed by atoms with Gasteiger partial charge in [0, 0.05) is 24.7 Å². The molecule has 0 fully saturated rings. The van der Waals surface area contributed by atoms with Crippen molar-refractivity contribution in [2.45, 2.75) is 33.2 Å². The van der Waals surface area contributed by atoms with Crippen molar-refractivity contribution in [2.75, 3.05) is 11.9 Å². The van der Waals surface area contributed by atoms with Crippen LogP contribution in [-0.4, -0.2) is 18.5 Å².